The van der Waals surface area contributed by atoms with Crippen LogP contribution in [-0.2, 0) is 14.4 Å². The molecule has 0 radical (unpaired) electrons. The van der Waals surface area contributed by atoms with Gasteiger partial charge in [-0.3, -0.25) is 29.0 Å². The van der Waals surface area contributed by atoms with Crippen LogP contribution >= 0.6 is 11.8 Å². The van der Waals surface area contributed by atoms with Crippen LogP contribution in [0.1, 0.15) is 58.6 Å². The van der Waals surface area contributed by atoms with Gasteiger partial charge in [0.1, 0.15) is 17.3 Å². The fraction of sp³-hybridized carbons (Fsp3) is 0.444. The van der Waals surface area contributed by atoms with E-state index >= 15 is 0 Å². The fourth-order valence-corrected chi connectivity index (χ4v) is 7.10. The minimum absolute atomic E-state index is 0.0452. The van der Waals surface area contributed by atoms with E-state index in [1.165, 1.54) is 12.4 Å². The van der Waals surface area contributed by atoms with Crippen LogP contribution in [0.2, 0.25) is 0 Å². The van der Waals surface area contributed by atoms with Crippen molar-refractivity contribution in [2.24, 2.45) is 5.73 Å². The summed E-state index contributed by atoms with van der Waals surface area (Å²) in [5.74, 6) is -0.934. The van der Waals surface area contributed by atoms with Gasteiger partial charge in [-0.25, -0.2) is 4.98 Å². The van der Waals surface area contributed by atoms with Crippen LogP contribution in [-0.4, -0.2) is 85.1 Å². The molecule has 3 atom stereocenters. The number of nitrogens with zero attached hydrogens (tertiary/aromatic N) is 4. The molecule has 3 aliphatic rings. The first kappa shape index (κ1) is 27.6. The molecular weight excluding hydrogens is 534 g/mol. The van der Waals surface area contributed by atoms with Crippen molar-refractivity contribution in [3.05, 3.63) is 53.6 Å². The summed E-state index contributed by atoms with van der Waals surface area (Å²) in [7, 11) is 0. The number of anilines is 1. The van der Waals surface area contributed by atoms with Crippen molar-refractivity contribution in [1.29, 1.82) is 0 Å². The maximum atomic E-state index is 13.6. The van der Waals surface area contributed by atoms with Gasteiger partial charge in [-0.2, -0.15) is 0 Å². The molecular formula is C27H31N7O5S. The highest BCUT2D eigenvalue weighted by Gasteiger charge is 2.61. The first-order valence-corrected chi connectivity index (χ1v) is 14.3. The quantitative estimate of drug-likeness (QED) is 0.448. The summed E-state index contributed by atoms with van der Waals surface area (Å²) >= 11 is 1.63. The lowest BCUT2D eigenvalue weighted by atomic mass is 9.93. The number of aryl methyl sites for hydroxylation is 1. The zero-order chi connectivity index (χ0) is 28.4. The summed E-state index contributed by atoms with van der Waals surface area (Å²) in [5.41, 5.74) is 6.38. The third kappa shape index (κ3) is 5.25. The predicted molar refractivity (Wildman–Crippen MR) is 147 cm³/mol. The fourth-order valence-electron chi connectivity index (χ4n) is 5.67. The van der Waals surface area contributed by atoms with E-state index in [0.717, 1.165) is 5.75 Å². The Balaban J connectivity index is 1.14. The molecule has 4 heterocycles. The molecule has 1 aromatic carbocycles. The van der Waals surface area contributed by atoms with Crippen molar-refractivity contribution in [2.75, 3.05) is 24.2 Å². The highest BCUT2D eigenvalue weighted by atomic mass is 32.2. The Kier molecular flexibility index (Phi) is 7.74. The molecule has 40 heavy (non-hydrogen) atoms. The molecule has 3 aliphatic heterocycles. The van der Waals surface area contributed by atoms with Crippen LogP contribution in [0.5, 0.6) is 0 Å². The smallest absolute Gasteiger partial charge is 0.275 e. The van der Waals surface area contributed by atoms with E-state index in [-0.39, 0.29) is 41.8 Å². The van der Waals surface area contributed by atoms with Crippen LogP contribution in [0.15, 0.2) is 36.7 Å². The molecule has 3 fully saturated rings. The third-order valence-corrected chi connectivity index (χ3v) is 8.90. The van der Waals surface area contributed by atoms with E-state index in [1.807, 2.05) is 0 Å². The second-order valence-electron chi connectivity index (χ2n) is 10.2. The highest BCUT2D eigenvalue weighted by molar-refractivity contribution is 7.99. The first-order chi connectivity index (χ1) is 19.2. The summed E-state index contributed by atoms with van der Waals surface area (Å²) in [6.45, 7) is 2.35. The standard InChI is InChI=1S/C27H31N7O5S/c1-16-14-31-19(15-30-16)25(38)32-18-5-3-17(4-6-18)24(37)29-10-7-21(35)33-11-2-9-27(33)13-22-34(26(27)39)20(23(28)36)8-12-40-22/h3-6,14-15,20,22H,2,7-13H2,1H3,(H2,28,36)(H,29,37)(H,32,38)/t20-,22?,27-/m1/s1. The molecule has 5 amide bonds. The summed E-state index contributed by atoms with van der Waals surface area (Å²) in [5, 5.41) is 5.30. The molecule has 2 aromatic rings. The number of carbonyl (C=O) groups excluding carboxylic acids is 5. The minimum atomic E-state index is -0.943. The van der Waals surface area contributed by atoms with Crippen LogP contribution in [0.25, 0.3) is 0 Å². The molecule has 1 spiro atoms. The van der Waals surface area contributed by atoms with Gasteiger partial charge in [0.25, 0.3) is 11.8 Å². The van der Waals surface area contributed by atoms with Crippen molar-refractivity contribution in [2.45, 2.75) is 56.0 Å². The molecule has 3 saturated heterocycles. The van der Waals surface area contributed by atoms with Gasteiger partial charge in [0.2, 0.25) is 17.7 Å². The van der Waals surface area contributed by atoms with Gasteiger partial charge in [0.05, 0.1) is 17.3 Å². The van der Waals surface area contributed by atoms with Crippen LogP contribution < -0.4 is 16.4 Å². The van der Waals surface area contributed by atoms with E-state index < -0.39 is 23.4 Å². The number of rotatable bonds is 7. The predicted octanol–water partition coefficient (Wildman–Crippen LogP) is 1.07. The summed E-state index contributed by atoms with van der Waals surface area (Å²) in [6.07, 6.45) is 5.21. The Morgan fingerprint density at radius 1 is 1.12 bits per heavy atom. The van der Waals surface area contributed by atoms with E-state index in [0.29, 0.717) is 49.2 Å². The maximum absolute atomic E-state index is 13.6. The first-order valence-electron chi connectivity index (χ1n) is 13.2. The number of nitrogens with two attached hydrogens (primary N) is 1. The van der Waals surface area contributed by atoms with Gasteiger partial charge in [-0.05, 0) is 56.2 Å². The normalized spacial score (nSPS) is 23.7. The number of carbonyl (C=O) groups is 5. The largest absolute Gasteiger partial charge is 0.368 e. The van der Waals surface area contributed by atoms with Crippen LogP contribution in [0.4, 0.5) is 5.69 Å². The lowest BCUT2D eigenvalue weighted by Gasteiger charge is -2.36. The Bertz CT molecular complexity index is 1340. The van der Waals surface area contributed by atoms with Crippen molar-refractivity contribution in [3.63, 3.8) is 0 Å². The van der Waals surface area contributed by atoms with Crippen molar-refractivity contribution >= 4 is 47.0 Å². The van der Waals surface area contributed by atoms with Gasteiger partial charge < -0.3 is 26.2 Å². The van der Waals surface area contributed by atoms with Gasteiger partial charge in [-0.15, -0.1) is 11.8 Å². The van der Waals surface area contributed by atoms with E-state index in [9.17, 15) is 24.0 Å². The maximum Gasteiger partial charge on any atom is 0.275 e. The number of fused-ring (bicyclic) bond motifs is 1. The second kappa shape index (κ2) is 11.2. The monoisotopic (exact) mass is 565 g/mol. The number of nitrogens with one attached hydrogen (secondary N) is 2. The second-order valence-corrected chi connectivity index (χ2v) is 11.5. The Labute approximate surface area is 235 Å². The molecule has 4 N–H and O–H groups in total. The van der Waals surface area contributed by atoms with Crippen molar-refractivity contribution in [1.82, 2.24) is 25.1 Å². The summed E-state index contributed by atoms with van der Waals surface area (Å²) < 4.78 is 0. The number of hydrogen-bond donors (Lipinski definition) is 3. The Hall–Kier alpha value is -4.00. The van der Waals surface area contributed by atoms with Gasteiger partial charge in [0.15, 0.2) is 0 Å². The molecule has 13 heteroatoms. The SMILES string of the molecule is Cc1cnc(C(=O)Nc2ccc(C(=O)NCCC(=O)N3CCC[C@]34CC3SCC[C@H](C(N)=O)N3C4=O)cc2)cn1. The molecule has 210 valence electrons. The average Bonchev–Trinajstić information content (AvgIpc) is 3.50. The molecule has 0 aliphatic carbocycles. The Morgan fingerprint density at radius 3 is 2.60 bits per heavy atom. The molecule has 5 rings (SSSR count). The van der Waals surface area contributed by atoms with Gasteiger partial charge in [-0.1, -0.05) is 0 Å². The van der Waals surface area contributed by atoms with Gasteiger partial charge in [0, 0.05) is 43.4 Å². The number of thioether (sulfide) groups is 1. The molecule has 0 bridgehead atoms. The minimum Gasteiger partial charge on any atom is -0.368 e. The molecule has 1 unspecified atom stereocenters. The number of likely N-dealkylation sites (tertiary alicyclic amines) is 1. The Morgan fingerprint density at radius 2 is 1.90 bits per heavy atom. The van der Waals surface area contributed by atoms with E-state index in [4.69, 9.17) is 5.73 Å². The van der Waals surface area contributed by atoms with E-state index in [1.54, 1.807) is 52.8 Å². The molecule has 1 aromatic heterocycles. The lowest BCUT2D eigenvalue weighted by Crippen LogP contribution is -2.57. The van der Waals surface area contributed by atoms with Crippen LogP contribution in [0, 0.1) is 6.92 Å². The molecule has 12 nitrogen and oxygen atoms in total. The number of hydrogen-bond acceptors (Lipinski definition) is 8. The number of benzene rings is 1. The van der Waals surface area contributed by atoms with Crippen LogP contribution in [0.3, 0.4) is 0 Å². The zero-order valence-corrected chi connectivity index (χ0v) is 22.9. The van der Waals surface area contributed by atoms with Gasteiger partial charge >= 0.3 is 0 Å². The topological polar surface area (TPSA) is 168 Å². The number of aromatic nitrogens is 2. The number of primary amides is 1. The highest BCUT2D eigenvalue weighted by Crippen LogP contribution is 2.48. The zero-order valence-electron chi connectivity index (χ0n) is 22.1. The van der Waals surface area contributed by atoms with Crippen molar-refractivity contribution < 1.29 is 24.0 Å². The average molecular weight is 566 g/mol. The summed E-state index contributed by atoms with van der Waals surface area (Å²) in [4.78, 5) is 75.1. The number of amides is 5. The van der Waals surface area contributed by atoms with E-state index in [2.05, 4.69) is 20.6 Å². The third-order valence-electron chi connectivity index (χ3n) is 7.65. The lowest BCUT2D eigenvalue weighted by molar-refractivity contribution is -0.149. The summed E-state index contributed by atoms with van der Waals surface area (Å²) in [6, 6.07) is 5.72. The van der Waals surface area contributed by atoms with Crippen molar-refractivity contribution in [3.8, 4) is 0 Å². The molecule has 0 saturated carbocycles.